The van der Waals surface area contributed by atoms with Crippen LogP contribution in [0.2, 0.25) is 0 Å². The van der Waals surface area contributed by atoms with E-state index >= 15 is 0 Å². The molecular weight excluding hydrogens is 328 g/mol. The molecule has 0 aromatic heterocycles. The molecule has 24 heavy (non-hydrogen) atoms. The van der Waals surface area contributed by atoms with Gasteiger partial charge in [-0.05, 0) is 36.8 Å². The maximum atomic E-state index is 12.1. The highest BCUT2D eigenvalue weighted by Gasteiger charge is 2.12. The van der Waals surface area contributed by atoms with E-state index in [0.717, 1.165) is 25.0 Å². The summed E-state index contributed by atoms with van der Waals surface area (Å²) in [7, 11) is 1.52. The number of methoxy groups -OCH3 is 1. The van der Waals surface area contributed by atoms with E-state index in [4.69, 9.17) is 9.47 Å². The Kier molecular flexibility index (Phi) is 9.76. The highest BCUT2D eigenvalue weighted by atomic mass is 32.2. The standard InChI is InChI=1S/C17H26N2O4S/c1-4-6-10-24-12-16(20)18-19-17(21)13-7-8-14(23-9-5-2)15(11-13)22-3/h7-8,11H,4-6,9-10,12H2,1-3H3,(H,18,20)(H,19,21). The van der Waals surface area contributed by atoms with Crippen molar-refractivity contribution in [3.05, 3.63) is 23.8 Å². The van der Waals surface area contributed by atoms with Crippen molar-refractivity contribution in [2.45, 2.75) is 33.1 Å². The van der Waals surface area contributed by atoms with Gasteiger partial charge in [0.25, 0.3) is 5.91 Å². The number of rotatable bonds is 10. The van der Waals surface area contributed by atoms with Crippen LogP contribution in [0.1, 0.15) is 43.5 Å². The number of carbonyl (C=O) groups excluding carboxylic acids is 2. The summed E-state index contributed by atoms with van der Waals surface area (Å²) >= 11 is 1.55. The molecule has 7 heteroatoms. The smallest absolute Gasteiger partial charge is 0.269 e. The molecule has 2 amide bonds. The molecule has 0 atom stereocenters. The summed E-state index contributed by atoms with van der Waals surface area (Å²) in [5.74, 6) is 1.72. The number of amides is 2. The molecule has 0 aliphatic rings. The van der Waals surface area contributed by atoms with E-state index in [1.165, 1.54) is 7.11 Å². The van der Waals surface area contributed by atoms with Crippen LogP contribution in [0.5, 0.6) is 11.5 Å². The predicted molar refractivity (Wildman–Crippen MR) is 96.6 cm³/mol. The van der Waals surface area contributed by atoms with Crippen molar-refractivity contribution in [3.63, 3.8) is 0 Å². The Morgan fingerprint density at radius 1 is 1.12 bits per heavy atom. The lowest BCUT2D eigenvalue weighted by Gasteiger charge is -2.12. The van der Waals surface area contributed by atoms with E-state index < -0.39 is 5.91 Å². The van der Waals surface area contributed by atoms with Gasteiger partial charge in [0.15, 0.2) is 11.5 Å². The normalized spacial score (nSPS) is 10.1. The second kappa shape index (κ2) is 11.6. The molecule has 0 unspecified atom stereocenters. The highest BCUT2D eigenvalue weighted by Crippen LogP contribution is 2.28. The minimum atomic E-state index is -0.401. The average molecular weight is 354 g/mol. The zero-order valence-electron chi connectivity index (χ0n) is 14.5. The molecule has 0 heterocycles. The lowest BCUT2D eigenvalue weighted by molar-refractivity contribution is -0.119. The number of hydrazine groups is 1. The third-order valence-corrected chi connectivity index (χ3v) is 4.12. The van der Waals surface area contributed by atoms with Crippen molar-refractivity contribution in [1.29, 1.82) is 0 Å². The van der Waals surface area contributed by atoms with Gasteiger partial charge in [0.1, 0.15) is 0 Å². The molecule has 2 N–H and O–H groups in total. The van der Waals surface area contributed by atoms with Gasteiger partial charge in [0, 0.05) is 5.56 Å². The first-order valence-corrected chi connectivity index (χ1v) is 9.25. The van der Waals surface area contributed by atoms with E-state index in [1.807, 2.05) is 6.92 Å². The lowest BCUT2D eigenvalue weighted by atomic mass is 10.2. The Morgan fingerprint density at radius 3 is 2.58 bits per heavy atom. The molecule has 0 bridgehead atoms. The number of thioether (sulfide) groups is 1. The maximum absolute atomic E-state index is 12.1. The van der Waals surface area contributed by atoms with Gasteiger partial charge in [-0.15, -0.1) is 0 Å². The number of carbonyl (C=O) groups is 2. The molecule has 0 aliphatic carbocycles. The SMILES string of the molecule is CCCCSCC(=O)NNC(=O)c1ccc(OCCC)c(OC)c1. The topological polar surface area (TPSA) is 76.7 Å². The van der Waals surface area contributed by atoms with Crippen LogP contribution in [-0.4, -0.2) is 37.0 Å². The summed E-state index contributed by atoms with van der Waals surface area (Å²) in [5.41, 5.74) is 5.20. The molecule has 0 saturated carbocycles. The van der Waals surface area contributed by atoms with Crippen molar-refractivity contribution < 1.29 is 19.1 Å². The van der Waals surface area contributed by atoms with Gasteiger partial charge in [-0.1, -0.05) is 20.3 Å². The molecular formula is C17H26N2O4S. The largest absolute Gasteiger partial charge is 0.493 e. The minimum absolute atomic E-state index is 0.223. The minimum Gasteiger partial charge on any atom is -0.493 e. The zero-order chi connectivity index (χ0) is 17.8. The van der Waals surface area contributed by atoms with E-state index in [-0.39, 0.29) is 5.91 Å². The summed E-state index contributed by atoms with van der Waals surface area (Å²) < 4.78 is 10.8. The molecule has 1 aromatic carbocycles. The van der Waals surface area contributed by atoms with Crippen LogP contribution in [0, 0.1) is 0 Å². The maximum Gasteiger partial charge on any atom is 0.269 e. The molecule has 0 fully saturated rings. The van der Waals surface area contributed by atoms with Gasteiger partial charge in [0.2, 0.25) is 5.91 Å². The van der Waals surface area contributed by atoms with E-state index in [9.17, 15) is 9.59 Å². The van der Waals surface area contributed by atoms with Gasteiger partial charge in [-0.25, -0.2) is 0 Å². The lowest BCUT2D eigenvalue weighted by Crippen LogP contribution is -2.42. The highest BCUT2D eigenvalue weighted by molar-refractivity contribution is 7.99. The van der Waals surface area contributed by atoms with Crippen molar-refractivity contribution in [2.75, 3.05) is 25.2 Å². The van der Waals surface area contributed by atoms with E-state index in [0.29, 0.717) is 29.4 Å². The van der Waals surface area contributed by atoms with Crippen LogP contribution in [0.25, 0.3) is 0 Å². The summed E-state index contributed by atoms with van der Waals surface area (Å²) in [6.07, 6.45) is 3.06. The Labute approximate surface area is 147 Å². The number of nitrogens with one attached hydrogen (secondary N) is 2. The monoisotopic (exact) mass is 354 g/mol. The summed E-state index contributed by atoms with van der Waals surface area (Å²) in [5, 5.41) is 0. The van der Waals surface area contributed by atoms with Crippen molar-refractivity contribution in [2.24, 2.45) is 0 Å². The Balaban J connectivity index is 2.51. The van der Waals surface area contributed by atoms with Gasteiger partial charge >= 0.3 is 0 Å². The molecule has 1 aromatic rings. The summed E-state index contributed by atoms with van der Waals surface area (Å²) in [6.45, 7) is 4.69. The van der Waals surface area contributed by atoms with Crippen LogP contribution in [0.15, 0.2) is 18.2 Å². The number of hydrogen-bond acceptors (Lipinski definition) is 5. The van der Waals surface area contributed by atoms with Gasteiger partial charge in [-0.3, -0.25) is 20.4 Å². The average Bonchev–Trinajstić information content (AvgIpc) is 2.61. The van der Waals surface area contributed by atoms with Crippen LogP contribution < -0.4 is 20.3 Å². The summed E-state index contributed by atoms with van der Waals surface area (Å²) in [4.78, 5) is 23.7. The van der Waals surface area contributed by atoms with Crippen molar-refractivity contribution >= 4 is 23.6 Å². The predicted octanol–water partition coefficient (Wildman–Crippen LogP) is 2.78. The molecule has 0 spiro atoms. The molecule has 0 saturated heterocycles. The number of benzene rings is 1. The molecule has 6 nitrogen and oxygen atoms in total. The third kappa shape index (κ3) is 7.12. The third-order valence-electron chi connectivity index (χ3n) is 3.08. The molecule has 0 aliphatic heterocycles. The Morgan fingerprint density at radius 2 is 1.92 bits per heavy atom. The van der Waals surface area contributed by atoms with Crippen LogP contribution >= 0.6 is 11.8 Å². The van der Waals surface area contributed by atoms with Crippen molar-refractivity contribution in [3.8, 4) is 11.5 Å². The van der Waals surface area contributed by atoms with E-state index in [1.54, 1.807) is 30.0 Å². The van der Waals surface area contributed by atoms with E-state index in [2.05, 4.69) is 17.8 Å². The van der Waals surface area contributed by atoms with Gasteiger partial charge in [0.05, 0.1) is 19.5 Å². The summed E-state index contributed by atoms with van der Waals surface area (Å²) in [6, 6.07) is 4.90. The quantitative estimate of drug-likeness (QED) is 0.499. The zero-order valence-corrected chi connectivity index (χ0v) is 15.3. The molecule has 134 valence electrons. The van der Waals surface area contributed by atoms with Crippen LogP contribution in [0.3, 0.4) is 0 Å². The second-order valence-corrected chi connectivity index (χ2v) is 6.23. The van der Waals surface area contributed by atoms with Gasteiger partial charge < -0.3 is 9.47 Å². The first-order chi connectivity index (χ1) is 11.6. The van der Waals surface area contributed by atoms with Crippen LogP contribution in [0.4, 0.5) is 0 Å². The first-order valence-electron chi connectivity index (χ1n) is 8.10. The fourth-order valence-electron chi connectivity index (χ4n) is 1.79. The number of unbranched alkanes of at least 4 members (excludes halogenated alkanes) is 1. The van der Waals surface area contributed by atoms with Gasteiger partial charge in [-0.2, -0.15) is 11.8 Å². The fourth-order valence-corrected chi connectivity index (χ4v) is 2.68. The van der Waals surface area contributed by atoms with Crippen molar-refractivity contribution in [1.82, 2.24) is 10.9 Å². The Bertz CT molecular complexity index is 537. The number of ether oxygens (including phenoxy) is 2. The second-order valence-electron chi connectivity index (χ2n) is 5.12. The van der Waals surface area contributed by atoms with Crippen LogP contribution in [-0.2, 0) is 4.79 Å². The molecule has 1 rings (SSSR count). The first kappa shape index (κ1) is 20.2. The Hall–Kier alpha value is -1.89. The number of hydrogen-bond donors (Lipinski definition) is 2. The fraction of sp³-hybridized carbons (Fsp3) is 0.529. The molecule has 0 radical (unpaired) electrons.